The van der Waals surface area contributed by atoms with Gasteiger partial charge in [0.05, 0.1) is 5.88 Å². The molecule has 0 saturated carbocycles. The first-order valence-corrected chi connectivity index (χ1v) is 9.00. The fraction of sp³-hybridized carbons (Fsp3) is 0.300. The number of nitrogens with one attached hydrogen (secondary N) is 2. The molecular formula is C20H23ClN2O4. The Labute approximate surface area is 163 Å². The van der Waals surface area contributed by atoms with Crippen LogP contribution in [0.3, 0.4) is 0 Å². The predicted molar refractivity (Wildman–Crippen MR) is 107 cm³/mol. The number of carbonyl (C=O) groups is 2. The number of rotatable bonds is 6. The number of carbonyl (C=O) groups excluding carboxylic acids is 2. The van der Waals surface area contributed by atoms with E-state index in [9.17, 15) is 9.59 Å². The molecule has 0 bridgehead atoms. The van der Waals surface area contributed by atoms with Crippen LogP contribution < -0.4 is 15.4 Å². The molecule has 0 aliphatic rings. The number of halogens is 1. The van der Waals surface area contributed by atoms with E-state index in [1.807, 2.05) is 0 Å². The van der Waals surface area contributed by atoms with Crippen molar-refractivity contribution in [3.8, 4) is 5.75 Å². The van der Waals surface area contributed by atoms with E-state index in [0.29, 0.717) is 35.2 Å². The summed E-state index contributed by atoms with van der Waals surface area (Å²) in [5, 5.41) is 5.43. The number of hydrogen-bond donors (Lipinski definition) is 2. The van der Waals surface area contributed by atoms with E-state index in [0.717, 1.165) is 0 Å². The highest BCUT2D eigenvalue weighted by molar-refractivity contribution is 6.18. The third kappa shape index (κ3) is 7.19. The van der Waals surface area contributed by atoms with Crippen molar-refractivity contribution in [3.05, 3.63) is 54.1 Å². The van der Waals surface area contributed by atoms with Gasteiger partial charge >= 0.3 is 6.09 Å². The van der Waals surface area contributed by atoms with E-state index in [1.54, 1.807) is 69.3 Å². The lowest BCUT2D eigenvalue weighted by Crippen LogP contribution is -2.27. The minimum absolute atomic E-state index is 0.265. The first kappa shape index (κ1) is 20.6. The van der Waals surface area contributed by atoms with E-state index in [-0.39, 0.29) is 5.91 Å². The predicted octanol–water partition coefficient (Wildman–Crippen LogP) is 4.90. The molecule has 0 saturated heterocycles. The van der Waals surface area contributed by atoms with Gasteiger partial charge in [0.1, 0.15) is 18.0 Å². The zero-order chi connectivity index (χ0) is 19.9. The fourth-order valence-corrected chi connectivity index (χ4v) is 2.22. The molecule has 2 aromatic rings. The lowest BCUT2D eigenvalue weighted by molar-refractivity contribution is 0.0635. The van der Waals surface area contributed by atoms with Crippen molar-refractivity contribution in [3.63, 3.8) is 0 Å². The van der Waals surface area contributed by atoms with Gasteiger partial charge in [-0.15, -0.1) is 11.6 Å². The van der Waals surface area contributed by atoms with Gasteiger partial charge in [-0.05, 0) is 63.2 Å². The van der Waals surface area contributed by atoms with Gasteiger partial charge < -0.3 is 14.8 Å². The molecule has 0 fully saturated rings. The van der Waals surface area contributed by atoms with Gasteiger partial charge in [-0.2, -0.15) is 0 Å². The summed E-state index contributed by atoms with van der Waals surface area (Å²) in [5.41, 5.74) is 1.07. The number of amides is 2. The molecule has 0 aliphatic heterocycles. The molecule has 144 valence electrons. The second-order valence-corrected chi connectivity index (χ2v) is 7.10. The van der Waals surface area contributed by atoms with Gasteiger partial charge in [-0.25, -0.2) is 4.79 Å². The number of anilines is 2. The lowest BCUT2D eigenvalue weighted by Gasteiger charge is -2.19. The Morgan fingerprint density at radius 3 is 2.22 bits per heavy atom. The molecule has 0 spiro atoms. The van der Waals surface area contributed by atoms with Gasteiger partial charge in [0.25, 0.3) is 5.91 Å². The molecule has 2 rings (SSSR count). The van der Waals surface area contributed by atoms with Crippen LogP contribution in [0.25, 0.3) is 0 Å². The maximum Gasteiger partial charge on any atom is 0.412 e. The maximum absolute atomic E-state index is 12.4. The Morgan fingerprint density at radius 2 is 1.63 bits per heavy atom. The van der Waals surface area contributed by atoms with Crippen LogP contribution in [0.15, 0.2) is 48.5 Å². The average Bonchev–Trinajstić information content (AvgIpc) is 2.60. The minimum Gasteiger partial charge on any atom is -0.492 e. The highest BCUT2D eigenvalue weighted by atomic mass is 35.5. The van der Waals surface area contributed by atoms with Crippen LogP contribution in [0.4, 0.5) is 16.2 Å². The van der Waals surface area contributed by atoms with Gasteiger partial charge in [0, 0.05) is 16.9 Å². The molecule has 0 heterocycles. The second kappa shape index (κ2) is 9.28. The number of hydrogen-bond acceptors (Lipinski definition) is 4. The van der Waals surface area contributed by atoms with E-state index in [2.05, 4.69) is 10.6 Å². The summed E-state index contributed by atoms with van der Waals surface area (Å²) < 4.78 is 10.6. The summed E-state index contributed by atoms with van der Waals surface area (Å²) in [5.74, 6) is 0.694. The zero-order valence-corrected chi connectivity index (χ0v) is 16.3. The molecule has 2 amide bonds. The van der Waals surface area contributed by atoms with E-state index in [4.69, 9.17) is 21.1 Å². The zero-order valence-electron chi connectivity index (χ0n) is 15.5. The molecule has 0 radical (unpaired) electrons. The van der Waals surface area contributed by atoms with Gasteiger partial charge in [-0.3, -0.25) is 10.1 Å². The molecule has 2 aromatic carbocycles. The third-order valence-electron chi connectivity index (χ3n) is 3.23. The normalized spacial score (nSPS) is 10.8. The largest absolute Gasteiger partial charge is 0.492 e. The minimum atomic E-state index is -0.569. The first-order valence-electron chi connectivity index (χ1n) is 8.47. The summed E-state index contributed by atoms with van der Waals surface area (Å²) in [6.45, 7) is 5.75. The van der Waals surface area contributed by atoms with Crippen LogP contribution in [0.5, 0.6) is 5.75 Å². The number of benzene rings is 2. The SMILES string of the molecule is CC(C)(C)OC(=O)Nc1ccc(NC(=O)c2cccc(OCCCl)c2)cc1. The van der Waals surface area contributed by atoms with Crippen LogP contribution in [0.1, 0.15) is 31.1 Å². The number of ether oxygens (including phenoxy) is 2. The second-order valence-electron chi connectivity index (χ2n) is 6.72. The van der Waals surface area contributed by atoms with E-state index >= 15 is 0 Å². The Hall–Kier alpha value is -2.73. The monoisotopic (exact) mass is 390 g/mol. The van der Waals surface area contributed by atoms with Crippen LogP contribution in [0, 0.1) is 0 Å². The molecule has 2 N–H and O–H groups in total. The van der Waals surface area contributed by atoms with Crippen molar-refractivity contribution in [1.82, 2.24) is 0 Å². The van der Waals surface area contributed by atoms with E-state index in [1.165, 1.54) is 0 Å². The molecule has 0 aromatic heterocycles. The van der Waals surface area contributed by atoms with Crippen molar-refractivity contribution >= 4 is 35.0 Å². The lowest BCUT2D eigenvalue weighted by atomic mass is 10.2. The van der Waals surface area contributed by atoms with Crippen molar-refractivity contribution in [2.75, 3.05) is 23.1 Å². The van der Waals surface area contributed by atoms with Crippen LogP contribution >= 0.6 is 11.6 Å². The molecule has 0 aliphatic carbocycles. The Kier molecular flexibility index (Phi) is 7.07. The van der Waals surface area contributed by atoms with Crippen LogP contribution in [-0.4, -0.2) is 30.1 Å². The molecule has 27 heavy (non-hydrogen) atoms. The summed E-state index contributed by atoms with van der Waals surface area (Å²) in [6, 6.07) is 13.6. The summed E-state index contributed by atoms with van der Waals surface area (Å²) in [7, 11) is 0. The van der Waals surface area contributed by atoms with Crippen LogP contribution in [0.2, 0.25) is 0 Å². The Bertz CT molecular complexity index is 785. The first-order chi connectivity index (χ1) is 12.8. The van der Waals surface area contributed by atoms with Gasteiger partial charge in [0.2, 0.25) is 0 Å². The fourth-order valence-electron chi connectivity index (χ4n) is 2.15. The number of alkyl halides is 1. The van der Waals surface area contributed by atoms with E-state index < -0.39 is 11.7 Å². The highest BCUT2D eigenvalue weighted by Crippen LogP contribution is 2.18. The Balaban J connectivity index is 1.96. The molecule has 0 unspecified atom stereocenters. The topological polar surface area (TPSA) is 76.7 Å². The van der Waals surface area contributed by atoms with Crippen molar-refractivity contribution in [2.45, 2.75) is 26.4 Å². The third-order valence-corrected chi connectivity index (χ3v) is 3.38. The Morgan fingerprint density at radius 1 is 1.00 bits per heavy atom. The summed E-state index contributed by atoms with van der Waals surface area (Å²) in [6.07, 6.45) is -0.534. The summed E-state index contributed by atoms with van der Waals surface area (Å²) >= 11 is 5.60. The molecule has 0 atom stereocenters. The van der Waals surface area contributed by atoms with Crippen LogP contribution in [-0.2, 0) is 4.74 Å². The highest BCUT2D eigenvalue weighted by Gasteiger charge is 2.16. The van der Waals surface area contributed by atoms with Crippen molar-refractivity contribution < 1.29 is 19.1 Å². The van der Waals surface area contributed by atoms with Crippen molar-refractivity contribution in [1.29, 1.82) is 0 Å². The quantitative estimate of drug-likeness (QED) is 0.687. The maximum atomic E-state index is 12.4. The average molecular weight is 391 g/mol. The van der Waals surface area contributed by atoms with Gasteiger partial charge in [0.15, 0.2) is 0 Å². The molecule has 7 heteroatoms. The standard InChI is InChI=1S/C20H23ClN2O4/c1-20(2,3)27-19(25)23-16-9-7-15(8-10-16)22-18(24)14-5-4-6-17(13-14)26-12-11-21/h4-10,13H,11-12H2,1-3H3,(H,22,24)(H,23,25). The summed E-state index contributed by atoms with van der Waals surface area (Å²) in [4.78, 5) is 24.1. The van der Waals surface area contributed by atoms with Gasteiger partial charge in [-0.1, -0.05) is 6.07 Å². The van der Waals surface area contributed by atoms with Crippen molar-refractivity contribution in [2.24, 2.45) is 0 Å². The molecule has 6 nitrogen and oxygen atoms in total. The molecular weight excluding hydrogens is 368 g/mol. The smallest absolute Gasteiger partial charge is 0.412 e.